The van der Waals surface area contributed by atoms with Crippen molar-refractivity contribution in [2.45, 2.75) is 4.90 Å². The molecule has 6 nitrogen and oxygen atoms in total. The normalized spacial score (nSPS) is 11.8. The molecule has 0 unspecified atom stereocenters. The van der Waals surface area contributed by atoms with Crippen molar-refractivity contribution in [3.8, 4) is 0 Å². The summed E-state index contributed by atoms with van der Waals surface area (Å²) in [6, 6.07) is 15.1. The number of hydrogen-bond acceptors (Lipinski definition) is 5. The highest BCUT2D eigenvalue weighted by Crippen LogP contribution is 2.15. The van der Waals surface area contributed by atoms with E-state index in [0.29, 0.717) is 0 Å². The van der Waals surface area contributed by atoms with Crippen molar-refractivity contribution in [3.05, 3.63) is 71.8 Å². The first-order chi connectivity index (χ1) is 11.9. The Morgan fingerprint density at radius 1 is 1.08 bits per heavy atom. The standard InChI is InChI=1S/C18H19NO5S/c1-19(23-2)25(21,22)17-12-10-16(11-13-17)18(20)24-14-6-9-15-7-4-3-5-8-15/h3-13H,14H2,1-2H3/b9-6+. The van der Waals surface area contributed by atoms with Gasteiger partial charge in [-0.15, -0.1) is 0 Å². The molecule has 0 atom stereocenters. The zero-order valence-electron chi connectivity index (χ0n) is 14.0. The lowest BCUT2D eigenvalue weighted by Gasteiger charge is -2.14. The fraction of sp³-hybridized carbons (Fsp3) is 0.167. The molecule has 0 amide bonds. The van der Waals surface area contributed by atoms with Crippen LogP contribution in [0.25, 0.3) is 6.08 Å². The summed E-state index contributed by atoms with van der Waals surface area (Å²) in [7, 11) is -1.19. The maximum atomic E-state index is 12.1. The number of hydrogen-bond donors (Lipinski definition) is 0. The van der Waals surface area contributed by atoms with Crippen LogP contribution in [0.2, 0.25) is 0 Å². The lowest BCUT2D eigenvalue weighted by molar-refractivity contribution is -0.0258. The molecule has 132 valence electrons. The van der Waals surface area contributed by atoms with E-state index >= 15 is 0 Å². The summed E-state index contributed by atoms with van der Waals surface area (Å²) >= 11 is 0. The van der Waals surface area contributed by atoms with Gasteiger partial charge in [-0.05, 0) is 35.9 Å². The van der Waals surface area contributed by atoms with Crippen LogP contribution in [0, 0.1) is 0 Å². The first-order valence-electron chi connectivity index (χ1n) is 7.47. The lowest BCUT2D eigenvalue weighted by Crippen LogP contribution is -2.25. The summed E-state index contributed by atoms with van der Waals surface area (Å²) in [6.07, 6.45) is 3.59. The summed E-state index contributed by atoms with van der Waals surface area (Å²) in [4.78, 5) is 16.7. The third-order valence-electron chi connectivity index (χ3n) is 3.40. The van der Waals surface area contributed by atoms with E-state index in [2.05, 4.69) is 0 Å². The molecule has 0 aliphatic carbocycles. The monoisotopic (exact) mass is 361 g/mol. The number of benzene rings is 2. The van der Waals surface area contributed by atoms with Crippen LogP contribution in [0.4, 0.5) is 0 Å². The van der Waals surface area contributed by atoms with E-state index in [9.17, 15) is 13.2 Å². The van der Waals surface area contributed by atoms with Gasteiger partial charge in [0.1, 0.15) is 6.61 Å². The van der Waals surface area contributed by atoms with E-state index in [0.717, 1.165) is 10.0 Å². The van der Waals surface area contributed by atoms with Crippen molar-refractivity contribution in [1.82, 2.24) is 4.47 Å². The van der Waals surface area contributed by atoms with Crippen LogP contribution >= 0.6 is 0 Å². The van der Waals surface area contributed by atoms with E-state index < -0.39 is 16.0 Å². The maximum Gasteiger partial charge on any atom is 0.338 e. The van der Waals surface area contributed by atoms with Crippen molar-refractivity contribution in [2.24, 2.45) is 0 Å². The SMILES string of the molecule is CON(C)S(=O)(=O)c1ccc(C(=O)OC/C=C/c2ccccc2)cc1. The summed E-state index contributed by atoms with van der Waals surface area (Å²) in [5, 5.41) is 0. The topological polar surface area (TPSA) is 72.9 Å². The third-order valence-corrected chi connectivity index (χ3v) is 5.10. The first-order valence-corrected chi connectivity index (χ1v) is 8.91. The Balaban J connectivity index is 1.95. The highest BCUT2D eigenvalue weighted by molar-refractivity contribution is 7.89. The quantitative estimate of drug-likeness (QED) is 0.560. The Hall–Kier alpha value is -2.48. The van der Waals surface area contributed by atoms with Gasteiger partial charge in [0, 0.05) is 7.05 Å². The number of rotatable bonds is 7. The predicted octanol–water partition coefficient (Wildman–Crippen LogP) is 2.74. The van der Waals surface area contributed by atoms with Crippen LogP contribution in [-0.2, 0) is 19.6 Å². The molecule has 0 radical (unpaired) electrons. The first kappa shape index (κ1) is 18.9. The zero-order chi connectivity index (χ0) is 18.3. The third kappa shape index (κ3) is 4.99. The molecule has 0 N–H and O–H groups in total. The van der Waals surface area contributed by atoms with Crippen LogP contribution in [0.1, 0.15) is 15.9 Å². The smallest absolute Gasteiger partial charge is 0.338 e. The van der Waals surface area contributed by atoms with Gasteiger partial charge in [0.15, 0.2) is 0 Å². The van der Waals surface area contributed by atoms with E-state index in [1.165, 1.54) is 38.4 Å². The van der Waals surface area contributed by atoms with Gasteiger partial charge in [0.25, 0.3) is 10.0 Å². The van der Waals surface area contributed by atoms with Crippen molar-refractivity contribution in [1.29, 1.82) is 0 Å². The Labute approximate surface area is 147 Å². The highest BCUT2D eigenvalue weighted by Gasteiger charge is 2.21. The molecular weight excluding hydrogens is 342 g/mol. The molecule has 0 aliphatic rings. The molecule has 0 fully saturated rings. The average molecular weight is 361 g/mol. The molecule has 2 aromatic carbocycles. The average Bonchev–Trinajstić information content (AvgIpc) is 2.65. The molecule has 0 aromatic heterocycles. The molecule has 25 heavy (non-hydrogen) atoms. The second kappa shape index (κ2) is 8.57. The molecule has 0 spiro atoms. The zero-order valence-corrected chi connectivity index (χ0v) is 14.8. The van der Waals surface area contributed by atoms with Gasteiger partial charge in [0.05, 0.1) is 17.6 Å². The minimum absolute atomic E-state index is 0.0253. The molecule has 7 heteroatoms. The molecule has 0 heterocycles. The largest absolute Gasteiger partial charge is 0.458 e. The van der Waals surface area contributed by atoms with E-state index in [-0.39, 0.29) is 17.1 Å². The molecule has 0 aliphatic heterocycles. The van der Waals surface area contributed by atoms with Crippen LogP contribution in [0.15, 0.2) is 65.6 Å². The van der Waals surface area contributed by atoms with Gasteiger partial charge in [-0.2, -0.15) is 0 Å². The van der Waals surface area contributed by atoms with Gasteiger partial charge < -0.3 is 4.74 Å². The number of carbonyl (C=O) groups is 1. The van der Waals surface area contributed by atoms with Crippen molar-refractivity contribution >= 4 is 22.1 Å². The molecule has 2 rings (SSSR count). The molecule has 2 aromatic rings. The Kier molecular flexibility index (Phi) is 6.46. The van der Waals surface area contributed by atoms with Crippen LogP contribution in [0.5, 0.6) is 0 Å². The van der Waals surface area contributed by atoms with E-state index in [1.807, 2.05) is 36.4 Å². The number of hydroxylamine groups is 1. The van der Waals surface area contributed by atoms with Crippen LogP contribution < -0.4 is 0 Å². The van der Waals surface area contributed by atoms with Gasteiger partial charge in [-0.3, -0.25) is 4.84 Å². The summed E-state index contributed by atoms with van der Waals surface area (Å²) in [5.41, 5.74) is 1.28. The molecular formula is C18H19NO5S. The Morgan fingerprint density at radius 2 is 1.72 bits per heavy atom. The van der Waals surface area contributed by atoms with Crippen LogP contribution in [0.3, 0.4) is 0 Å². The van der Waals surface area contributed by atoms with Gasteiger partial charge in [-0.25, -0.2) is 13.2 Å². The Bertz CT molecular complexity index is 830. The number of nitrogens with zero attached hydrogens (tertiary/aromatic N) is 1. The number of esters is 1. The maximum absolute atomic E-state index is 12.1. The van der Waals surface area contributed by atoms with Gasteiger partial charge in [0.2, 0.25) is 0 Å². The number of sulfonamides is 1. The van der Waals surface area contributed by atoms with E-state index in [1.54, 1.807) is 6.08 Å². The number of carbonyl (C=O) groups excluding carboxylic acids is 1. The summed E-state index contributed by atoms with van der Waals surface area (Å²) < 4.78 is 30.0. The minimum Gasteiger partial charge on any atom is -0.458 e. The lowest BCUT2D eigenvalue weighted by atomic mass is 10.2. The minimum atomic E-state index is -3.74. The molecule has 0 bridgehead atoms. The fourth-order valence-electron chi connectivity index (χ4n) is 1.97. The highest BCUT2D eigenvalue weighted by atomic mass is 32.2. The van der Waals surface area contributed by atoms with Crippen molar-refractivity contribution in [3.63, 3.8) is 0 Å². The van der Waals surface area contributed by atoms with Crippen LogP contribution in [-0.4, -0.2) is 39.6 Å². The summed E-state index contributed by atoms with van der Waals surface area (Å²) in [5.74, 6) is -0.526. The van der Waals surface area contributed by atoms with Crippen molar-refractivity contribution < 1.29 is 22.8 Å². The predicted molar refractivity (Wildman–Crippen MR) is 94.2 cm³/mol. The Morgan fingerprint density at radius 3 is 2.32 bits per heavy atom. The van der Waals surface area contributed by atoms with Crippen molar-refractivity contribution in [2.75, 3.05) is 20.8 Å². The van der Waals surface area contributed by atoms with Gasteiger partial charge in [-0.1, -0.05) is 40.9 Å². The molecule has 0 saturated heterocycles. The van der Waals surface area contributed by atoms with E-state index in [4.69, 9.17) is 9.57 Å². The van der Waals surface area contributed by atoms with Gasteiger partial charge >= 0.3 is 5.97 Å². The second-order valence-corrected chi connectivity index (χ2v) is 6.97. The second-order valence-electron chi connectivity index (χ2n) is 5.03. The molecule has 0 saturated carbocycles. The summed E-state index contributed by atoms with van der Waals surface area (Å²) in [6.45, 7) is 0.125. The number of ether oxygens (including phenoxy) is 1. The fourth-order valence-corrected chi connectivity index (χ4v) is 2.94.